The van der Waals surface area contributed by atoms with E-state index in [2.05, 4.69) is 4.74 Å². The van der Waals surface area contributed by atoms with Gasteiger partial charge in [-0.1, -0.05) is 30.3 Å². The standard InChI is InChI=1S/C28H20F4N4O6S2/c1-17-22(16-34)26(21-11-10-19(15-33)13-25(21)43(2,38)39)36(27(37)35(17)20-7-5-6-18(12-20)14-29)44(40,41)24-9-4-3-8-23(24)42-28(30,31)32/h3-13,26H,14H2,1-2H3/t26-/m1/s1. The number of nitrogens with zero attached hydrogens (tertiary/aromatic N) is 4. The van der Waals surface area contributed by atoms with Crippen LogP contribution in [-0.4, -0.2) is 39.8 Å². The number of amides is 2. The summed E-state index contributed by atoms with van der Waals surface area (Å²) in [6, 6.07) is 12.0. The van der Waals surface area contributed by atoms with Crippen LogP contribution in [-0.2, 0) is 26.5 Å². The number of sulfonamides is 1. The Morgan fingerprint density at radius 3 is 2.20 bits per heavy atom. The van der Waals surface area contributed by atoms with Crippen molar-refractivity contribution in [1.29, 1.82) is 10.5 Å². The highest BCUT2D eigenvalue weighted by atomic mass is 32.2. The zero-order chi connectivity index (χ0) is 32.6. The number of benzene rings is 3. The van der Waals surface area contributed by atoms with Crippen LogP contribution >= 0.6 is 0 Å². The van der Waals surface area contributed by atoms with Crippen LogP contribution in [0.15, 0.2) is 87.8 Å². The number of anilines is 1. The molecule has 0 bridgehead atoms. The van der Waals surface area contributed by atoms with Crippen molar-refractivity contribution in [2.75, 3.05) is 11.2 Å². The number of hydrogen-bond acceptors (Lipinski definition) is 8. The van der Waals surface area contributed by atoms with E-state index >= 15 is 0 Å². The quantitative estimate of drug-likeness (QED) is 0.305. The van der Waals surface area contributed by atoms with E-state index in [-0.39, 0.29) is 26.8 Å². The Morgan fingerprint density at radius 2 is 1.61 bits per heavy atom. The minimum atomic E-state index is -5.41. The molecule has 228 valence electrons. The fraction of sp³-hybridized carbons (Fsp3) is 0.179. The Balaban J connectivity index is 2.13. The summed E-state index contributed by atoms with van der Waals surface area (Å²) < 4.78 is 112. The lowest BCUT2D eigenvalue weighted by molar-refractivity contribution is -0.275. The number of hydrogen-bond donors (Lipinski definition) is 0. The van der Waals surface area contributed by atoms with Gasteiger partial charge in [0, 0.05) is 12.0 Å². The molecular weight excluding hydrogens is 628 g/mol. The van der Waals surface area contributed by atoms with Gasteiger partial charge in [0.05, 0.1) is 33.9 Å². The summed E-state index contributed by atoms with van der Waals surface area (Å²) in [5, 5.41) is 19.7. The molecule has 16 heteroatoms. The van der Waals surface area contributed by atoms with E-state index in [1.807, 2.05) is 0 Å². The van der Waals surface area contributed by atoms with Gasteiger partial charge in [0.2, 0.25) is 0 Å². The summed E-state index contributed by atoms with van der Waals surface area (Å²) >= 11 is 0. The molecule has 0 fully saturated rings. The van der Waals surface area contributed by atoms with Crippen LogP contribution in [0.1, 0.15) is 29.7 Å². The van der Waals surface area contributed by atoms with Crippen LogP contribution in [0.5, 0.6) is 5.75 Å². The summed E-state index contributed by atoms with van der Waals surface area (Å²) in [6.07, 6.45) is -4.60. The van der Waals surface area contributed by atoms with Gasteiger partial charge < -0.3 is 4.74 Å². The number of sulfone groups is 1. The molecule has 44 heavy (non-hydrogen) atoms. The summed E-state index contributed by atoms with van der Waals surface area (Å²) in [4.78, 5) is 13.3. The molecule has 3 aromatic carbocycles. The number of nitriles is 2. The van der Waals surface area contributed by atoms with Gasteiger partial charge in [-0.05, 0) is 54.4 Å². The van der Waals surface area contributed by atoms with Crippen LogP contribution in [0, 0.1) is 22.7 Å². The Morgan fingerprint density at radius 1 is 0.932 bits per heavy atom. The van der Waals surface area contributed by atoms with Gasteiger partial charge in [-0.3, -0.25) is 4.90 Å². The number of rotatable bonds is 7. The van der Waals surface area contributed by atoms with Crippen LogP contribution in [0.4, 0.5) is 28.0 Å². The first-order valence-corrected chi connectivity index (χ1v) is 15.6. The Hall–Kier alpha value is -4.93. The van der Waals surface area contributed by atoms with E-state index in [0.717, 1.165) is 47.6 Å². The third-order valence-electron chi connectivity index (χ3n) is 6.50. The predicted molar refractivity (Wildman–Crippen MR) is 147 cm³/mol. The number of para-hydroxylation sites is 1. The molecule has 2 amide bonds. The smallest absolute Gasteiger partial charge is 0.404 e. The largest absolute Gasteiger partial charge is 0.573 e. The van der Waals surface area contributed by atoms with E-state index in [9.17, 15) is 49.7 Å². The predicted octanol–water partition coefficient (Wildman–Crippen LogP) is 5.50. The molecule has 4 rings (SSSR count). The number of carbonyl (C=O) groups excluding carboxylic acids is 1. The lowest BCUT2D eigenvalue weighted by Crippen LogP contribution is -2.52. The lowest BCUT2D eigenvalue weighted by atomic mass is 9.94. The topological polar surface area (TPSA) is 149 Å². The number of halogens is 4. The Bertz CT molecular complexity index is 2000. The molecule has 3 aromatic rings. The van der Waals surface area contributed by atoms with Gasteiger partial charge in [-0.2, -0.15) is 10.5 Å². The molecule has 1 aliphatic rings. The van der Waals surface area contributed by atoms with Crippen molar-refractivity contribution in [2.24, 2.45) is 0 Å². The fourth-order valence-corrected chi connectivity index (χ4v) is 7.22. The number of carbonyl (C=O) groups is 1. The molecule has 0 radical (unpaired) electrons. The first kappa shape index (κ1) is 32.0. The minimum absolute atomic E-state index is 0.0773. The Kier molecular flexibility index (Phi) is 8.46. The molecule has 0 aromatic heterocycles. The summed E-state index contributed by atoms with van der Waals surface area (Å²) in [5.41, 5.74) is -1.24. The fourth-order valence-electron chi connectivity index (χ4n) is 4.67. The molecule has 0 saturated carbocycles. The van der Waals surface area contributed by atoms with E-state index in [1.54, 1.807) is 12.1 Å². The SMILES string of the molecule is CC1=C(C#N)[C@@H](c2ccc(C#N)cc2S(C)(=O)=O)N(S(=O)(=O)c2ccccc2OC(F)(F)F)C(=O)N1c1cccc(CF)c1. The molecule has 0 spiro atoms. The highest BCUT2D eigenvalue weighted by molar-refractivity contribution is 7.91. The normalized spacial score (nSPS) is 16.0. The molecule has 10 nitrogen and oxygen atoms in total. The van der Waals surface area contributed by atoms with Gasteiger partial charge in [0.25, 0.3) is 10.0 Å². The van der Waals surface area contributed by atoms with E-state index < -0.39 is 71.6 Å². The van der Waals surface area contributed by atoms with Crippen LogP contribution < -0.4 is 9.64 Å². The van der Waals surface area contributed by atoms with Gasteiger partial charge in [0.1, 0.15) is 23.4 Å². The zero-order valence-corrected chi connectivity index (χ0v) is 24.3. The van der Waals surface area contributed by atoms with Gasteiger partial charge >= 0.3 is 12.4 Å². The molecule has 1 heterocycles. The van der Waals surface area contributed by atoms with E-state index in [0.29, 0.717) is 6.07 Å². The second-order valence-electron chi connectivity index (χ2n) is 9.37. The van der Waals surface area contributed by atoms with Crippen LogP contribution in [0.3, 0.4) is 0 Å². The number of urea groups is 1. The van der Waals surface area contributed by atoms with E-state index in [4.69, 9.17) is 0 Å². The number of ether oxygens (including phenoxy) is 1. The minimum Gasteiger partial charge on any atom is -0.404 e. The molecule has 0 N–H and O–H groups in total. The van der Waals surface area contributed by atoms with Crippen molar-refractivity contribution < 1.29 is 43.9 Å². The van der Waals surface area contributed by atoms with E-state index in [1.165, 1.54) is 31.2 Å². The summed E-state index contributed by atoms with van der Waals surface area (Å²) in [6.45, 7) is 0.291. The van der Waals surface area contributed by atoms with Crippen molar-refractivity contribution in [3.8, 4) is 17.9 Å². The highest BCUT2D eigenvalue weighted by Gasteiger charge is 2.49. The third kappa shape index (κ3) is 5.95. The molecule has 0 saturated heterocycles. The number of alkyl halides is 4. The van der Waals surface area contributed by atoms with Crippen LogP contribution in [0.25, 0.3) is 0 Å². The molecule has 0 aliphatic carbocycles. The second-order valence-corrected chi connectivity index (χ2v) is 13.1. The van der Waals surface area contributed by atoms with Crippen molar-refractivity contribution in [3.05, 3.63) is 94.7 Å². The average Bonchev–Trinajstić information content (AvgIpc) is 2.95. The van der Waals surface area contributed by atoms with Crippen molar-refractivity contribution in [1.82, 2.24) is 4.31 Å². The van der Waals surface area contributed by atoms with Gasteiger partial charge in [0.15, 0.2) is 9.84 Å². The monoisotopic (exact) mass is 648 g/mol. The number of allylic oxidation sites excluding steroid dienone is 1. The molecule has 1 aliphatic heterocycles. The van der Waals surface area contributed by atoms with Gasteiger partial charge in [-0.15, -0.1) is 13.2 Å². The summed E-state index contributed by atoms with van der Waals surface area (Å²) in [7, 11) is -9.68. The maximum Gasteiger partial charge on any atom is 0.573 e. The van der Waals surface area contributed by atoms with Gasteiger partial charge in [-0.25, -0.2) is 30.3 Å². The maximum absolute atomic E-state index is 14.3. The van der Waals surface area contributed by atoms with Crippen molar-refractivity contribution in [2.45, 2.75) is 35.8 Å². The maximum atomic E-state index is 14.3. The first-order chi connectivity index (χ1) is 20.5. The van der Waals surface area contributed by atoms with Crippen LogP contribution in [0.2, 0.25) is 0 Å². The highest BCUT2D eigenvalue weighted by Crippen LogP contribution is 2.45. The molecule has 0 unspecified atom stereocenters. The van der Waals surface area contributed by atoms with Crippen molar-refractivity contribution >= 4 is 31.6 Å². The average molecular weight is 649 g/mol. The molecular formula is C28H20F4N4O6S2. The summed E-state index contributed by atoms with van der Waals surface area (Å²) in [5.74, 6) is -1.20. The molecule has 1 atom stereocenters. The first-order valence-electron chi connectivity index (χ1n) is 12.3. The lowest BCUT2D eigenvalue weighted by Gasteiger charge is -2.41. The van der Waals surface area contributed by atoms with Crippen molar-refractivity contribution in [3.63, 3.8) is 0 Å². The second kappa shape index (κ2) is 11.6. The zero-order valence-electron chi connectivity index (χ0n) is 22.7. The third-order valence-corrected chi connectivity index (χ3v) is 9.44. The Labute approximate surface area is 249 Å².